The van der Waals surface area contributed by atoms with Crippen LogP contribution in [0, 0.1) is 0 Å². The number of H-pyrrole nitrogens is 1. The highest BCUT2D eigenvalue weighted by Gasteiger charge is 2.28. The van der Waals surface area contributed by atoms with E-state index in [0.29, 0.717) is 5.56 Å². The van der Waals surface area contributed by atoms with Crippen LogP contribution in [0.4, 0.5) is 0 Å². The van der Waals surface area contributed by atoms with Gasteiger partial charge in [-0.25, -0.2) is 4.79 Å². The molecule has 1 fully saturated rings. The van der Waals surface area contributed by atoms with Crippen molar-refractivity contribution in [2.45, 2.75) is 57.9 Å². The molecule has 1 aromatic rings. The average molecular weight is 271 g/mol. The fraction of sp³-hybridized carbons (Fsp3) is 0.692. The lowest BCUT2D eigenvalue weighted by atomic mass is 9.99. The van der Waals surface area contributed by atoms with Gasteiger partial charge in [0, 0.05) is 5.54 Å². The van der Waals surface area contributed by atoms with Crippen molar-refractivity contribution in [3.05, 3.63) is 31.6 Å². The van der Waals surface area contributed by atoms with E-state index in [0.717, 1.165) is 25.7 Å². The van der Waals surface area contributed by atoms with Crippen molar-refractivity contribution in [1.82, 2.24) is 9.55 Å². The van der Waals surface area contributed by atoms with Crippen molar-refractivity contribution in [2.75, 3.05) is 0 Å². The van der Waals surface area contributed by atoms with Gasteiger partial charge in [-0.3, -0.25) is 14.3 Å². The minimum absolute atomic E-state index is 0.190. The van der Waals surface area contributed by atoms with Crippen LogP contribution in [0.1, 0.15) is 57.9 Å². The van der Waals surface area contributed by atoms with Gasteiger partial charge in [0.1, 0.15) is 5.15 Å². The molecule has 2 rings (SSSR count). The van der Waals surface area contributed by atoms with E-state index in [9.17, 15) is 9.59 Å². The quantitative estimate of drug-likeness (QED) is 0.798. The molecule has 0 aliphatic heterocycles. The van der Waals surface area contributed by atoms with Gasteiger partial charge in [-0.05, 0) is 39.5 Å². The largest absolute Gasteiger partial charge is 0.329 e. The fourth-order valence-corrected chi connectivity index (χ4v) is 3.02. The lowest BCUT2D eigenvalue weighted by Crippen LogP contribution is -2.46. The maximum atomic E-state index is 12.5. The Kier molecular flexibility index (Phi) is 3.41. The smallest absolute Gasteiger partial charge is 0.297 e. The number of aromatic nitrogens is 2. The molecule has 0 unspecified atom stereocenters. The van der Waals surface area contributed by atoms with Crippen LogP contribution < -0.4 is 11.2 Å². The first-order valence-corrected chi connectivity index (χ1v) is 6.75. The Hall–Kier alpha value is -1.03. The maximum Gasteiger partial charge on any atom is 0.329 e. The molecule has 1 saturated carbocycles. The Labute approximate surface area is 111 Å². The highest BCUT2D eigenvalue weighted by atomic mass is 35.5. The summed E-state index contributed by atoms with van der Waals surface area (Å²) in [5, 5.41) is 0.220. The Morgan fingerprint density at radius 2 is 1.78 bits per heavy atom. The molecule has 0 amide bonds. The highest BCUT2D eigenvalue weighted by Crippen LogP contribution is 2.34. The van der Waals surface area contributed by atoms with Gasteiger partial charge in [0.25, 0.3) is 5.56 Å². The van der Waals surface area contributed by atoms with E-state index in [1.54, 1.807) is 0 Å². The molecule has 1 N–H and O–H groups in total. The summed E-state index contributed by atoms with van der Waals surface area (Å²) in [6.45, 7) is 5.53. The molecule has 0 aromatic carbocycles. The first kappa shape index (κ1) is 13.4. The molecule has 0 saturated heterocycles. The van der Waals surface area contributed by atoms with Gasteiger partial charge in [-0.15, -0.1) is 0 Å². The minimum atomic E-state index is -0.539. The molecule has 1 aliphatic rings. The Morgan fingerprint density at radius 3 is 2.28 bits per heavy atom. The molecule has 0 bridgehead atoms. The topological polar surface area (TPSA) is 54.9 Å². The van der Waals surface area contributed by atoms with Gasteiger partial charge in [0.15, 0.2) is 0 Å². The third-order valence-electron chi connectivity index (χ3n) is 3.52. The zero-order chi connectivity index (χ0) is 13.5. The Bertz CT molecular complexity index is 560. The van der Waals surface area contributed by atoms with Crippen LogP contribution in [-0.2, 0) is 5.54 Å². The highest BCUT2D eigenvalue weighted by molar-refractivity contribution is 6.30. The summed E-state index contributed by atoms with van der Waals surface area (Å²) < 4.78 is 1.27. The molecule has 0 spiro atoms. The first-order valence-electron chi connectivity index (χ1n) is 6.37. The van der Waals surface area contributed by atoms with E-state index >= 15 is 0 Å². The van der Waals surface area contributed by atoms with Crippen LogP contribution in [-0.4, -0.2) is 9.55 Å². The fourth-order valence-electron chi connectivity index (χ4n) is 2.70. The summed E-state index contributed by atoms with van der Waals surface area (Å²) in [5.74, 6) is 0.190. The van der Waals surface area contributed by atoms with Gasteiger partial charge in [-0.2, -0.15) is 0 Å². The van der Waals surface area contributed by atoms with E-state index in [-0.39, 0.29) is 16.6 Å². The van der Waals surface area contributed by atoms with Crippen molar-refractivity contribution < 1.29 is 0 Å². The second kappa shape index (κ2) is 4.57. The predicted octanol–water partition coefficient (Wildman–Crippen LogP) is 2.60. The third kappa shape index (κ3) is 2.26. The Morgan fingerprint density at radius 1 is 1.22 bits per heavy atom. The van der Waals surface area contributed by atoms with Crippen LogP contribution in [0.5, 0.6) is 0 Å². The number of hydrogen-bond donors (Lipinski definition) is 1. The number of aromatic amines is 1. The molecule has 4 nitrogen and oxygen atoms in total. The van der Waals surface area contributed by atoms with Gasteiger partial charge < -0.3 is 0 Å². The lowest BCUT2D eigenvalue weighted by molar-refractivity contribution is 0.362. The molecule has 100 valence electrons. The molecule has 0 radical (unpaired) electrons. The summed E-state index contributed by atoms with van der Waals surface area (Å²) >= 11 is 6.07. The number of nitrogens with one attached hydrogen (secondary N) is 1. The van der Waals surface area contributed by atoms with Gasteiger partial charge in [-0.1, -0.05) is 24.4 Å². The first-order chi connectivity index (χ1) is 8.32. The minimum Gasteiger partial charge on any atom is -0.297 e. The monoisotopic (exact) mass is 270 g/mol. The number of rotatable bonds is 1. The zero-order valence-electron chi connectivity index (χ0n) is 11.0. The average Bonchev–Trinajstić information content (AvgIpc) is 2.67. The second-order valence-electron chi connectivity index (χ2n) is 5.95. The lowest BCUT2D eigenvalue weighted by Gasteiger charge is -2.23. The van der Waals surface area contributed by atoms with Crippen LogP contribution in [0.15, 0.2) is 9.59 Å². The van der Waals surface area contributed by atoms with E-state index in [2.05, 4.69) is 4.98 Å². The SMILES string of the molecule is CC(C)(C)n1c(=O)[nH]c(Cl)c(C2CCCC2)c1=O. The summed E-state index contributed by atoms with van der Waals surface area (Å²) in [6.07, 6.45) is 4.19. The number of halogens is 1. The molecule has 18 heavy (non-hydrogen) atoms. The van der Waals surface area contributed by atoms with E-state index < -0.39 is 11.2 Å². The van der Waals surface area contributed by atoms with E-state index in [1.807, 2.05) is 20.8 Å². The molecule has 5 heteroatoms. The molecule has 0 atom stereocenters. The molecular weight excluding hydrogens is 252 g/mol. The molecular formula is C13H19ClN2O2. The van der Waals surface area contributed by atoms with E-state index in [4.69, 9.17) is 11.6 Å². The molecule has 1 aromatic heterocycles. The summed E-state index contributed by atoms with van der Waals surface area (Å²) in [6, 6.07) is 0. The molecule has 1 aliphatic carbocycles. The Balaban J connectivity index is 2.68. The van der Waals surface area contributed by atoms with Crippen LogP contribution in [0.25, 0.3) is 0 Å². The van der Waals surface area contributed by atoms with Crippen molar-refractivity contribution in [3.63, 3.8) is 0 Å². The van der Waals surface area contributed by atoms with Crippen LogP contribution in [0.2, 0.25) is 5.15 Å². The summed E-state index contributed by atoms with van der Waals surface area (Å²) in [4.78, 5) is 27.0. The third-order valence-corrected chi connectivity index (χ3v) is 3.82. The van der Waals surface area contributed by atoms with E-state index in [1.165, 1.54) is 4.57 Å². The van der Waals surface area contributed by atoms with Crippen molar-refractivity contribution in [3.8, 4) is 0 Å². The zero-order valence-corrected chi connectivity index (χ0v) is 11.8. The van der Waals surface area contributed by atoms with Gasteiger partial charge in [0.2, 0.25) is 0 Å². The van der Waals surface area contributed by atoms with Crippen molar-refractivity contribution in [2.24, 2.45) is 0 Å². The predicted molar refractivity (Wildman–Crippen MR) is 72.5 cm³/mol. The van der Waals surface area contributed by atoms with Crippen LogP contribution >= 0.6 is 11.6 Å². The summed E-state index contributed by atoms with van der Waals surface area (Å²) in [5.41, 5.74) is -0.617. The standard InChI is InChI=1S/C13H19ClN2O2/c1-13(2,3)16-11(17)9(8-6-4-5-7-8)10(14)15-12(16)18/h8H,4-7H2,1-3H3,(H,15,18). The molecule has 1 heterocycles. The summed E-state index contributed by atoms with van der Waals surface area (Å²) in [7, 11) is 0. The van der Waals surface area contributed by atoms with Gasteiger partial charge in [0.05, 0.1) is 5.56 Å². The maximum absolute atomic E-state index is 12.5. The number of nitrogens with zero attached hydrogens (tertiary/aromatic N) is 1. The second-order valence-corrected chi connectivity index (χ2v) is 6.33. The van der Waals surface area contributed by atoms with Gasteiger partial charge >= 0.3 is 5.69 Å². The number of hydrogen-bond acceptors (Lipinski definition) is 2. The van der Waals surface area contributed by atoms with Crippen molar-refractivity contribution >= 4 is 11.6 Å². The van der Waals surface area contributed by atoms with Crippen molar-refractivity contribution in [1.29, 1.82) is 0 Å². The van der Waals surface area contributed by atoms with Crippen LogP contribution in [0.3, 0.4) is 0 Å². The normalized spacial score (nSPS) is 17.3.